The molecule has 0 aliphatic carbocycles. The molecular weight excluding hydrogens is 257 g/mol. The van der Waals surface area contributed by atoms with Gasteiger partial charge in [0.1, 0.15) is 5.82 Å². The molecule has 4 nitrogen and oxygen atoms in total. The van der Waals surface area contributed by atoms with Crippen molar-refractivity contribution < 1.29 is 9.18 Å². The van der Waals surface area contributed by atoms with Crippen LogP contribution in [0.4, 0.5) is 15.8 Å². The monoisotopic (exact) mass is 279 g/mol. The van der Waals surface area contributed by atoms with E-state index >= 15 is 0 Å². The molecule has 0 aromatic heterocycles. The molecule has 2 rings (SSSR count). The van der Waals surface area contributed by atoms with Crippen LogP contribution in [-0.4, -0.2) is 29.9 Å². The van der Waals surface area contributed by atoms with E-state index in [4.69, 9.17) is 5.73 Å². The van der Waals surface area contributed by atoms with Gasteiger partial charge in [0.15, 0.2) is 0 Å². The third kappa shape index (κ3) is 3.48. The van der Waals surface area contributed by atoms with Crippen molar-refractivity contribution >= 4 is 17.3 Å². The van der Waals surface area contributed by atoms with Gasteiger partial charge in [-0.05, 0) is 50.4 Å². The van der Waals surface area contributed by atoms with Gasteiger partial charge in [-0.25, -0.2) is 4.39 Å². The van der Waals surface area contributed by atoms with Gasteiger partial charge in [-0.2, -0.15) is 0 Å². The highest BCUT2D eigenvalue weighted by atomic mass is 19.1. The fourth-order valence-electron chi connectivity index (χ4n) is 2.63. The number of halogens is 1. The first-order valence-corrected chi connectivity index (χ1v) is 7.07. The average molecular weight is 279 g/mol. The van der Waals surface area contributed by atoms with Crippen molar-refractivity contribution in [3.63, 3.8) is 0 Å². The van der Waals surface area contributed by atoms with E-state index in [9.17, 15) is 9.18 Å². The van der Waals surface area contributed by atoms with Gasteiger partial charge in [-0.15, -0.1) is 0 Å². The predicted molar refractivity (Wildman–Crippen MR) is 78.9 cm³/mol. The van der Waals surface area contributed by atoms with Crippen molar-refractivity contribution in [2.75, 3.05) is 24.1 Å². The van der Waals surface area contributed by atoms with Crippen molar-refractivity contribution in [2.45, 2.75) is 32.7 Å². The van der Waals surface area contributed by atoms with Gasteiger partial charge in [0, 0.05) is 6.54 Å². The van der Waals surface area contributed by atoms with Crippen LogP contribution in [-0.2, 0) is 4.79 Å². The van der Waals surface area contributed by atoms with Crippen LogP contribution in [0.15, 0.2) is 18.2 Å². The molecule has 1 heterocycles. The normalized spacial score (nSPS) is 21.4. The molecule has 1 amide bonds. The molecule has 110 valence electrons. The number of rotatable bonds is 3. The standard InChI is InChI=1S/C15H22FN3O/c1-10-4-3-7-19(9-10)11(2)15(20)18-14-6-5-12(16)8-13(14)17/h5-6,8,10-11H,3-4,7,9,17H2,1-2H3,(H,18,20). The largest absolute Gasteiger partial charge is 0.397 e. The lowest BCUT2D eigenvalue weighted by Gasteiger charge is -2.34. The molecule has 0 spiro atoms. The minimum atomic E-state index is -0.404. The fourth-order valence-corrected chi connectivity index (χ4v) is 2.63. The van der Waals surface area contributed by atoms with Crippen LogP contribution in [0.5, 0.6) is 0 Å². The Labute approximate surface area is 119 Å². The summed E-state index contributed by atoms with van der Waals surface area (Å²) in [5.74, 6) is 0.116. The van der Waals surface area contributed by atoms with E-state index in [0.717, 1.165) is 19.5 Å². The van der Waals surface area contributed by atoms with Gasteiger partial charge in [0.05, 0.1) is 17.4 Å². The number of carbonyl (C=O) groups excluding carboxylic acids is 1. The first kappa shape index (κ1) is 14.8. The highest BCUT2D eigenvalue weighted by molar-refractivity contribution is 5.97. The van der Waals surface area contributed by atoms with Crippen LogP contribution in [0.3, 0.4) is 0 Å². The maximum atomic E-state index is 13.0. The molecular formula is C15H22FN3O. The van der Waals surface area contributed by atoms with Gasteiger partial charge in [-0.3, -0.25) is 9.69 Å². The Morgan fingerprint density at radius 1 is 1.55 bits per heavy atom. The third-order valence-corrected chi connectivity index (χ3v) is 3.89. The summed E-state index contributed by atoms with van der Waals surface area (Å²) in [6.07, 6.45) is 2.34. The summed E-state index contributed by atoms with van der Waals surface area (Å²) in [6.45, 7) is 5.98. The summed E-state index contributed by atoms with van der Waals surface area (Å²) in [5, 5.41) is 2.78. The Hall–Kier alpha value is -1.62. The summed E-state index contributed by atoms with van der Waals surface area (Å²) in [6, 6.07) is 3.79. The van der Waals surface area contributed by atoms with E-state index in [2.05, 4.69) is 17.1 Å². The number of nitrogens with two attached hydrogens (primary N) is 1. The van der Waals surface area contributed by atoms with Crippen molar-refractivity contribution in [3.05, 3.63) is 24.0 Å². The number of nitrogens with zero attached hydrogens (tertiary/aromatic N) is 1. The van der Waals surface area contributed by atoms with Crippen LogP contribution in [0, 0.1) is 11.7 Å². The Bertz CT molecular complexity index is 492. The molecule has 1 aromatic carbocycles. The zero-order valence-corrected chi connectivity index (χ0v) is 12.0. The number of hydrogen-bond donors (Lipinski definition) is 2. The second-order valence-electron chi connectivity index (χ2n) is 5.64. The Kier molecular flexibility index (Phi) is 4.60. The van der Waals surface area contributed by atoms with Gasteiger partial charge >= 0.3 is 0 Å². The first-order valence-electron chi connectivity index (χ1n) is 7.07. The molecule has 2 atom stereocenters. The van der Waals surface area contributed by atoms with Crippen LogP contribution in [0.1, 0.15) is 26.7 Å². The third-order valence-electron chi connectivity index (χ3n) is 3.89. The predicted octanol–water partition coefficient (Wildman–Crippen LogP) is 2.47. The van der Waals surface area contributed by atoms with E-state index < -0.39 is 5.82 Å². The van der Waals surface area contributed by atoms with E-state index in [-0.39, 0.29) is 17.6 Å². The zero-order chi connectivity index (χ0) is 14.7. The van der Waals surface area contributed by atoms with Crippen LogP contribution < -0.4 is 11.1 Å². The summed E-state index contributed by atoms with van der Waals surface area (Å²) >= 11 is 0. The summed E-state index contributed by atoms with van der Waals surface area (Å²) in [5.41, 5.74) is 6.42. The SMILES string of the molecule is CC1CCCN(C(C)C(=O)Nc2ccc(F)cc2N)C1. The lowest BCUT2D eigenvalue weighted by Crippen LogP contribution is -2.46. The highest BCUT2D eigenvalue weighted by Crippen LogP contribution is 2.21. The molecule has 2 unspecified atom stereocenters. The smallest absolute Gasteiger partial charge is 0.241 e. The van der Waals surface area contributed by atoms with Gasteiger partial charge in [0.25, 0.3) is 0 Å². The molecule has 1 fully saturated rings. The summed E-state index contributed by atoms with van der Waals surface area (Å²) < 4.78 is 13.0. The molecule has 1 aromatic rings. The minimum Gasteiger partial charge on any atom is -0.397 e. The molecule has 0 radical (unpaired) electrons. The molecule has 1 saturated heterocycles. The summed E-state index contributed by atoms with van der Waals surface area (Å²) in [4.78, 5) is 14.4. The van der Waals surface area contributed by atoms with Crippen molar-refractivity contribution in [1.82, 2.24) is 4.90 Å². The van der Waals surface area contributed by atoms with E-state index in [1.165, 1.54) is 24.6 Å². The molecule has 0 bridgehead atoms. The fraction of sp³-hybridized carbons (Fsp3) is 0.533. The van der Waals surface area contributed by atoms with Crippen LogP contribution >= 0.6 is 0 Å². The number of carbonyl (C=O) groups is 1. The van der Waals surface area contributed by atoms with Crippen molar-refractivity contribution in [2.24, 2.45) is 5.92 Å². The molecule has 1 aliphatic heterocycles. The van der Waals surface area contributed by atoms with E-state index in [1.54, 1.807) is 0 Å². The number of likely N-dealkylation sites (tertiary alicyclic amines) is 1. The lowest BCUT2D eigenvalue weighted by atomic mass is 9.99. The number of anilines is 2. The number of nitrogen functional groups attached to an aromatic ring is 1. The Morgan fingerprint density at radius 2 is 2.30 bits per heavy atom. The molecule has 1 aliphatic rings. The number of nitrogens with one attached hydrogen (secondary N) is 1. The number of piperidine rings is 1. The number of amides is 1. The minimum absolute atomic E-state index is 0.0996. The summed E-state index contributed by atoms with van der Waals surface area (Å²) in [7, 11) is 0. The number of benzene rings is 1. The molecule has 3 N–H and O–H groups in total. The van der Waals surface area contributed by atoms with Crippen molar-refractivity contribution in [3.8, 4) is 0 Å². The maximum Gasteiger partial charge on any atom is 0.241 e. The van der Waals surface area contributed by atoms with Crippen LogP contribution in [0.25, 0.3) is 0 Å². The lowest BCUT2D eigenvalue weighted by molar-refractivity contribution is -0.121. The quantitative estimate of drug-likeness (QED) is 0.836. The molecule has 0 saturated carbocycles. The Balaban J connectivity index is 2.00. The zero-order valence-electron chi connectivity index (χ0n) is 12.0. The van der Waals surface area contributed by atoms with Crippen LogP contribution in [0.2, 0.25) is 0 Å². The Morgan fingerprint density at radius 3 is 2.95 bits per heavy atom. The highest BCUT2D eigenvalue weighted by Gasteiger charge is 2.25. The average Bonchev–Trinajstić information content (AvgIpc) is 2.41. The van der Waals surface area contributed by atoms with E-state index in [0.29, 0.717) is 11.6 Å². The van der Waals surface area contributed by atoms with Gasteiger partial charge in [-0.1, -0.05) is 6.92 Å². The number of hydrogen-bond acceptors (Lipinski definition) is 3. The molecule has 20 heavy (non-hydrogen) atoms. The van der Waals surface area contributed by atoms with E-state index in [1.807, 2.05) is 6.92 Å². The van der Waals surface area contributed by atoms with Crippen molar-refractivity contribution in [1.29, 1.82) is 0 Å². The maximum absolute atomic E-state index is 13.0. The topological polar surface area (TPSA) is 58.4 Å². The second kappa shape index (κ2) is 6.22. The van der Waals surface area contributed by atoms with Gasteiger partial charge < -0.3 is 11.1 Å². The first-order chi connectivity index (χ1) is 9.47. The molecule has 5 heteroatoms. The second-order valence-corrected chi connectivity index (χ2v) is 5.64. The van der Waals surface area contributed by atoms with Gasteiger partial charge in [0.2, 0.25) is 5.91 Å².